The predicted molar refractivity (Wildman–Crippen MR) is 84.3 cm³/mol. The molecule has 1 aromatic carbocycles. The molecule has 1 N–H and O–H groups in total. The van der Waals surface area contributed by atoms with Crippen LogP contribution in [0.3, 0.4) is 0 Å². The number of hydrogen-bond acceptors (Lipinski definition) is 5. The highest BCUT2D eigenvalue weighted by atomic mass is 16.6. The predicted octanol–water partition coefficient (Wildman–Crippen LogP) is 2.36. The van der Waals surface area contributed by atoms with Gasteiger partial charge in [-0.1, -0.05) is 24.3 Å². The van der Waals surface area contributed by atoms with E-state index in [1.54, 1.807) is 6.20 Å². The zero-order valence-electron chi connectivity index (χ0n) is 12.6. The largest absolute Gasteiger partial charge is 0.433 e. The van der Waals surface area contributed by atoms with Gasteiger partial charge in [0.1, 0.15) is 4.92 Å². The monoisotopic (exact) mass is 326 g/mol. The summed E-state index contributed by atoms with van der Waals surface area (Å²) >= 11 is 0. The second-order valence-electron chi connectivity index (χ2n) is 5.10. The number of carbonyl (C=O) groups excluding carboxylic acids is 1. The molecule has 0 bridgehead atoms. The topological polar surface area (TPSA) is 103 Å². The Bertz CT molecular complexity index is 837. The van der Waals surface area contributed by atoms with Crippen molar-refractivity contribution in [3.8, 4) is 0 Å². The average molecular weight is 326 g/mol. The molecule has 0 radical (unpaired) electrons. The summed E-state index contributed by atoms with van der Waals surface area (Å²) in [5.74, 6) is -1.04. The summed E-state index contributed by atoms with van der Waals surface area (Å²) in [7, 11) is 0. The normalized spacial score (nSPS) is 10.5. The van der Waals surface area contributed by atoms with Crippen molar-refractivity contribution < 1.29 is 14.1 Å². The third kappa shape index (κ3) is 3.67. The molecule has 3 aromatic rings. The molecular weight excluding hydrogens is 312 g/mol. The smallest absolute Gasteiger partial charge is 0.395 e. The van der Waals surface area contributed by atoms with Gasteiger partial charge in [0.25, 0.3) is 5.91 Å². The molecule has 0 atom stereocenters. The van der Waals surface area contributed by atoms with Gasteiger partial charge >= 0.3 is 5.88 Å². The summed E-state index contributed by atoms with van der Waals surface area (Å²) in [5, 5.41) is 17.3. The molecule has 24 heavy (non-hydrogen) atoms. The fraction of sp³-hybridized carbons (Fsp3) is 0.125. The summed E-state index contributed by atoms with van der Waals surface area (Å²) in [4.78, 5) is 21.7. The summed E-state index contributed by atoms with van der Waals surface area (Å²) < 4.78 is 6.67. The quantitative estimate of drug-likeness (QED) is 0.553. The molecule has 8 heteroatoms. The number of nitro groups is 1. The molecule has 1 amide bonds. The van der Waals surface area contributed by atoms with Crippen LogP contribution in [-0.2, 0) is 13.1 Å². The summed E-state index contributed by atoms with van der Waals surface area (Å²) in [6, 6.07) is 12.0. The van der Waals surface area contributed by atoms with Crippen molar-refractivity contribution >= 4 is 11.8 Å². The molecule has 0 spiro atoms. The summed E-state index contributed by atoms with van der Waals surface area (Å²) in [6.07, 6.45) is 3.61. The Kier molecular flexibility index (Phi) is 4.37. The maximum Gasteiger partial charge on any atom is 0.433 e. The Balaban J connectivity index is 1.55. The maximum atomic E-state index is 11.9. The number of rotatable bonds is 6. The number of hydrogen-bond donors (Lipinski definition) is 1. The number of carbonyl (C=O) groups is 1. The lowest BCUT2D eigenvalue weighted by atomic mass is 10.1. The van der Waals surface area contributed by atoms with Crippen molar-refractivity contribution in [2.45, 2.75) is 13.1 Å². The van der Waals surface area contributed by atoms with Crippen molar-refractivity contribution in [3.05, 3.63) is 81.9 Å². The highest BCUT2D eigenvalue weighted by molar-refractivity contribution is 5.91. The van der Waals surface area contributed by atoms with E-state index in [0.717, 1.165) is 17.2 Å². The van der Waals surface area contributed by atoms with Gasteiger partial charge in [0.2, 0.25) is 0 Å². The van der Waals surface area contributed by atoms with E-state index in [4.69, 9.17) is 4.42 Å². The first-order valence-electron chi connectivity index (χ1n) is 7.19. The number of nitrogens with one attached hydrogen (secondary N) is 1. The fourth-order valence-electron chi connectivity index (χ4n) is 2.16. The van der Waals surface area contributed by atoms with Gasteiger partial charge in [0, 0.05) is 18.9 Å². The third-order valence-electron chi connectivity index (χ3n) is 3.38. The third-order valence-corrected chi connectivity index (χ3v) is 3.38. The molecule has 2 heterocycles. The van der Waals surface area contributed by atoms with Gasteiger partial charge in [0.05, 0.1) is 12.6 Å². The second-order valence-corrected chi connectivity index (χ2v) is 5.10. The van der Waals surface area contributed by atoms with Crippen LogP contribution >= 0.6 is 0 Å². The summed E-state index contributed by atoms with van der Waals surface area (Å²) in [5.41, 5.74) is 2.00. The first-order valence-corrected chi connectivity index (χ1v) is 7.19. The van der Waals surface area contributed by atoms with Crippen molar-refractivity contribution in [3.63, 3.8) is 0 Å². The minimum Gasteiger partial charge on any atom is -0.395 e. The molecule has 122 valence electrons. The van der Waals surface area contributed by atoms with Crippen LogP contribution in [-0.4, -0.2) is 20.6 Å². The Morgan fingerprint density at radius 2 is 1.96 bits per heavy atom. The van der Waals surface area contributed by atoms with Crippen LogP contribution < -0.4 is 5.32 Å². The SMILES string of the molecule is O=C(NCc1ccc(Cn2cccn2)cc1)c1ccc([N+](=O)[O-])o1. The lowest BCUT2D eigenvalue weighted by molar-refractivity contribution is -0.402. The van der Waals surface area contributed by atoms with Gasteiger partial charge in [-0.25, -0.2) is 0 Å². The minimum absolute atomic E-state index is 0.0861. The Morgan fingerprint density at radius 1 is 1.21 bits per heavy atom. The molecule has 3 rings (SSSR count). The standard InChI is InChI=1S/C16H14N4O4/c21-16(14-6-7-15(24-14)20(22)23)17-10-12-2-4-13(5-3-12)11-19-9-1-8-18-19/h1-9H,10-11H2,(H,17,21). The number of aromatic nitrogens is 2. The van der Waals surface area contributed by atoms with E-state index in [-0.39, 0.29) is 5.76 Å². The molecule has 0 aliphatic rings. The highest BCUT2D eigenvalue weighted by Crippen LogP contribution is 2.15. The molecule has 0 saturated carbocycles. The van der Waals surface area contributed by atoms with Gasteiger partial charge < -0.3 is 9.73 Å². The molecule has 0 aliphatic heterocycles. The van der Waals surface area contributed by atoms with Crippen LogP contribution in [0.5, 0.6) is 0 Å². The van der Waals surface area contributed by atoms with Crippen LogP contribution in [0.4, 0.5) is 5.88 Å². The Hall–Kier alpha value is -3.42. The van der Waals surface area contributed by atoms with Gasteiger partial charge in [-0.15, -0.1) is 0 Å². The molecule has 0 unspecified atom stereocenters. The van der Waals surface area contributed by atoms with E-state index in [1.807, 2.05) is 41.2 Å². The van der Waals surface area contributed by atoms with Crippen LogP contribution in [0.15, 0.2) is 59.3 Å². The van der Waals surface area contributed by atoms with Crippen LogP contribution in [0.25, 0.3) is 0 Å². The number of amides is 1. The van der Waals surface area contributed by atoms with Crippen LogP contribution in [0, 0.1) is 10.1 Å². The van der Waals surface area contributed by atoms with E-state index >= 15 is 0 Å². The van der Waals surface area contributed by atoms with Crippen LogP contribution in [0.2, 0.25) is 0 Å². The molecule has 0 saturated heterocycles. The van der Waals surface area contributed by atoms with Crippen molar-refractivity contribution in [1.29, 1.82) is 0 Å². The highest BCUT2D eigenvalue weighted by Gasteiger charge is 2.16. The van der Waals surface area contributed by atoms with Gasteiger partial charge in [-0.3, -0.25) is 19.6 Å². The minimum atomic E-state index is -0.685. The fourth-order valence-corrected chi connectivity index (χ4v) is 2.16. The first kappa shape index (κ1) is 15.5. The van der Waals surface area contributed by atoms with Crippen molar-refractivity contribution in [2.75, 3.05) is 0 Å². The van der Waals surface area contributed by atoms with E-state index < -0.39 is 16.7 Å². The lowest BCUT2D eigenvalue weighted by Crippen LogP contribution is -2.22. The zero-order chi connectivity index (χ0) is 16.9. The van der Waals surface area contributed by atoms with E-state index in [0.29, 0.717) is 13.1 Å². The molecule has 2 aromatic heterocycles. The zero-order valence-corrected chi connectivity index (χ0v) is 12.6. The molecular formula is C16H14N4O4. The summed E-state index contributed by atoms with van der Waals surface area (Å²) in [6.45, 7) is 0.977. The maximum absolute atomic E-state index is 11.9. The van der Waals surface area contributed by atoms with Gasteiger partial charge in [0.15, 0.2) is 5.76 Å². The van der Waals surface area contributed by atoms with E-state index in [1.165, 1.54) is 6.07 Å². The van der Waals surface area contributed by atoms with Gasteiger partial charge in [-0.2, -0.15) is 5.10 Å². The number of benzene rings is 1. The van der Waals surface area contributed by atoms with E-state index in [9.17, 15) is 14.9 Å². The van der Waals surface area contributed by atoms with E-state index in [2.05, 4.69) is 10.4 Å². The lowest BCUT2D eigenvalue weighted by Gasteiger charge is -2.06. The van der Waals surface area contributed by atoms with Crippen molar-refractivity contribution in [1.82, 2.24) is 15.1 Å². The number of furan rings is 1. The molecule has 8 nitrogen and oxygen atoms in total. The van der Waals surface area contributed by atoms with Crippen molar-refractivity contribution in [2.24, 2.45) is 0 Å². The molecule has 0 fully saturated rings. The van der Waals surface area contributed by atoms with Gasteiger partial charge in [-0.05, 0) is 23.3 Å². The first-order chi connectivity index (χ1) is 11.6. The second kappa shape index (κ2) is 6.78. The average Bonchev–Trinajstić information content (AvgIpc) is 3.25. The van der Waals surface area contributed by atoms with Crippen LogP contribution in [0.1, 0.15) is 21.7 Å². The molecule has 0 aliphatic carbocycles. The number of nitrogens with zero attached hydrogens (tertiary/aromatic N) is 3. The Labute approximate surface area is 136 Å². The Morgan fingerprint density at radius 3 is 2.58 bits per heavy atom.